The Hall–Kier alpha value is -2.45. The minimum absolute atomic E-state index is 0.132. The number of hydrogen-bond donors (Lipinski definition) is 2. The second-order valence-electron chi connectivity index (χ2n) is 6.27. The predicted molar refractivity (Wildman–Crippen MR) is 90.3 cm³/mol. The molecule has 1 fully saturated rings. The van der Waals surface area contributed by atoms with Crippen molar-refractivity contribution >= 4 is 11.7 Å². The molecule has 0 unspecified atom stereocenters. The maximum Gasteiger partial charge on any atom is 0.273 e. The minimum atomic E-state index is -1.01. The summed E-state index contributed by atoms with van der Waals surface area (Å²) in [6.07, 6.45) is 2.27. The molecule has 0 bridgehead atoms. The van der Waals surface area contributed by atoms with Crippen LogP contribution < -0.4 is 10.2 Å². The van der Waals surface area contributed by atoms with E-state index in [9.17, 15) is 9.90 Å². The van der Waals surface area contributed by atoms with Crippen LogP contribution in [-0.4, -0.2) is 53.5 Å². The number of methoxy groups -OCH3 is 1. The zero-order valence-electron chi connectivity index (χ0n) is 14.4. The van der Waals surface area contributed by atoms with Gasteiger partial charge in [-0.1, -0.05) is 11.2 Å². The number of amides is 1. The van der Waals surface area contributed by atoms with Gasteiger partial charge in [0.1, 0.15) is 17.2 Å². The summed E-state index contributed by atoms with van der Waals surface area (Å²) in [5.74, 6) is 0.987. The molecule has 8 heteroatoms. The molecule has 134 valence electrons. The molecule has 3 rings (SSSR count). The molecule has 1 amide bonds. The van der Waals surface area contributed by atoms with Crippen molar-refractivity contribution in [3.8, 4) is 0 Å². The number of carbonyl (C=O) groups is 1. The molecule has 25 heavy (non-hydrogen) atoms. The molecule has 2 aromatic rings. The van der Waals surface area contributed by atoms with Crippen LogP contribution in [0.15, 0.2) is 28.9 Å². The van der Waals surface area contributed by atoms with E-state index < -0.39 is 5.60 Å². The first kappa shape index (κ1) is 17.4. The Bertz CT molecular complexity index is 734. The van der Waals surface area contributed by atoms with Gasteiger partial charge < -0.3 is 24.6 Å². The fourth-order valence-corrected chi connectivity index (χ4v) is 2.95. The van der Waals surface area contributed by atoms with Gasteiger partial charge in [-0.05, 0) is 25.5 Å². The van der Waals surface area contributed by atoms with Gasteiger partial charge in [-0.3, -0.25) is 4.79 Å². The van der Waals surface area contributed by atoms with Gasteiger partial charge in [0.2, 0.25) is 0 Å². The summed E-state index contributed by atoms with van der Waals surface area (Å²) in [5.41, 5.74) is -0.191. The number of aliphatic hydroxyl groups is 1. The maximum absolute atomic E-state index is 12.4. The number of hydrogen-bond acceptors (Lipinski definition) is 7. The number of rotatable bonds is 6. The van der Waals surface area contributed by atoms with Gasteiger partial charge in [0.25, 0.3) is 5.91 Å². The van der Waals surface area contributed by atoms with Gasteiger partial charge in [-0.25, -0.2) is 4.98 Å². The SMILES string of the molecule is COCc1c(C(=O)NC[C@@]2(O)CCN(c3ccccn3)C2)noc1C. The monoisotopic (exact) mass is 346 g/mol. The van der Waals surface area contributed by atoms with E-state index in [1.54, 1.807) is 20.2 Å². The first-order valence-electron chi connectivity index (χ1n) is 8.13. The molecule has 3 heterocycles. The Labute approximate surface area is 145 Å². The van der Waals surface area contributed by atoms with E-state index in [4.69, 9.17) is 9.26 Å². The number of carbonyl (C=O) groups excluding carboxylic acids is 1. The van der Waals surface area contributed by atoms with Crippen LogP contribution in [0, 0.1) is 6.92 Å². The summed E-state index contributed by atoms with van der Waals surface area (Å²) < 4.78 is 10.1. The van der Waals surface area contributed by atoms with Crippen LogP contribution in [-0.2, 0) is 11.3 Å². The van der Waals surface area contributed by atoms with Gasteiger partial charge in [-0.2, -0.15) is 0 Å². The average molecular weight is 346 g/mol. The Balaban J connectivity index is 1.61. The van der Waals surface area contributed by atoms with Crippen molar-refractivity contribution in [1.29, 1.82) is 0 Å². The van der Waals surface area contributed by atoms with Crippen molar-refractivity contribution < 1.29 is 19.2 Å². The molecule has 2 N–H and O–H groups in total. The summed E-state index contributed by atoms with van der Waals surface area (Å²) in [5, 5.41) is 17.3. The lowest BCUT2D eigenvalue weighted by atomic mass is 10.0. The Morgan fingerprint density at radius 1 is 1.52 bits per heavy atom. The minimum Gasteiger partial charge on any atom is -0.386 e. The first-order chi connectivity index (χ1) is 12.0. The van der Waals surface area contributed by atoms with E-state index in [2.05, 4.69) is 15.5 Å². The van der Waals surface area contributed by atoms with Crippen molar-refractivity contribution in [3.63, 3.8) is 0 Å². The second-order valence-corrected chi connectivity index (χ2v) is 6.27. The van der Waals surface area contributed by atoms with E-state index in [-0.39, 0.29) is 24.8 Å². The van der Waals surface area contributed by atoms with E-state index in [0.29, 0.717) is 30.8 Å². The number of aromatic nitrogens is 2. The molecule has 1 aliphatic heterocycles. The molecule has 0 spiro atoms. The fraction of sp³-hybridized carbons (Fsp3) is 0.471. The molecular formula is C17H22N4O4. The van der Waals surface area contributed by atoms with Crippen LogP contribution in [0.3, 0.4) is 0 Å². The van der Waals surface area contributed by atoms with E-state index in [1.165, 1.54) is 0 Å². The highest BCUT2D eigenvalue weighted by molar-refractivity contribution is 5.93. The quantitative estimate of drug-likeness (QED) is 0.801. The number of pyridine rings is 1. The van der Waals surface area contributed by atoms with Crippen molar-refractivity contribution in [2.24, 2.45) is 0 Å². The van der Waals surface area contributed by atoms with Gasteiger partial charge >= 0.3 is 0 Å². The maximum atomic E-state index is 12.4. The Morgan fingerprint density at radius 2 is 2.36 bits per heavy atom. The summed E-state index contributed by atoms with van der Waals surface area (Å²) >= 11 is 0. The summed E-state index contributed by atoms with van der Waals surface area (Å²) in [6, 6.07) is 5.66. The van der Waals surface area contributed by atoms with Crippen molar-refractivity contribution in [2.75, 3.05) is 31.6 Å². The highest BCUT2D eigenvalue weighted by atomic mass is 16.5. The zero-order valence-corrected chi connectivity index (χ0v) is 14.4. The number of nitrogens with one attached hydrogen (secondary N) is 1. The summed E-state index contributed by atoms with van der Waals surface area (Å²) in [7, 11) is 1.54. The largest absolute Gasteiger partial charge is 0.386 e. The predicted octanol–water partition coefficient (Wildman–Crippen LogP) is 0.896. The van der Waals surface area contributed by atoms with E-state index in [1.807, 2.05) is 23.1 Å². The third-order valence-corrected chi connectivity index (χ3v) is 4.37. The molecule has 0 saturated carbocycles. The van der Waals surface area contributed by atoms with Crippen LogP contribution in [0.1, 0.15) is 28.2 Å². The Kier molecular flexibility index (Phi) is 5.00. The van der Waals surface area contributed by atoms with E-state index >= 15 is 0 Å². The van der Waals surface area contributed by atoms with Gasteiger partial charge in [-0.15, -0.1) is 0 Å². The fourth-order valence-electron chi connectivity index (χ4n) is 2.95. The van der Waals surface area contributed by atoms with Crippen LogP contribution in [0.5, 0.6) is 0 Å². The highest BCUT2D eigenvalue weighted by Crippen LogP contribution is 2.25. The zero-order chi connectivity index (χ0) is 17.9. The second kappa shape index (κ2) is 7.20. The third-order valence-electron chi connectivity index (χ3n) is 4.37. The number of anilines is 1. The highest BCUT2D eigenvalue weighted by Gasteiger charge is 2.37. The lowest BCUT2D eigenvalue weighted by Crippen LogP contribution is -2.45. The molecule has 1 atom stereocenters. The molecular weight excluding hydrogens is 324 g/mol. The van der Waals surface area contributed by atoms with Crippen LogP contribution in [0.2, 0.25) is 0 Å². The topological polar surface area (TPSA) is 101 Å². The summed E-state index contributed by atoms with van der Waals surface area (Å²) in [6.45, 7) is 3.20. The van der Waals surface area contributed by atoms with Crippen molar-refractivity contribution in [2.45, 2.75) is 25.6 Å². The lowest BCUT2D eigenvalue weighted by Gasteiger charge is -2.24. The summed E-state index contributed by atoms with van der Waals surface area (Å²) in [4.78, 5) is 18.7. The van der Waals surface area contributed by atoms with Crippen molar-refractivity contribution in [3.05, 3.63) is 41.4 Å². The molecule has 1 aliphatic rings. The number of β-amino-alcohol motifs (C(OH)–C–C–N with tert-alkyl or cyclic N) is 1. The molecule has 0 radical (unpaired) electrons. The van der Waals surface area contributed by atoms with Gasteiger partial charge in [0.15, 0.2) is 5.69 Å². The smallest absolute Gasteiger partial charge is 0.273 e. The third kappa shape index (κ3) is 3.80. The lowest BCUT2D eigenvalue weighted by molar-refractivity contribution is 0.0572. The van der Waals surface area contributed by atoms with E-state index in [0.717, 1.165) is 5.82 Å². The average Bonchev–Trinajstić information content (AvgIpc) is 3.19. The molecule has 8 nitrogen and oxygen atoms in total. The number of nitrogens with zero attached hydrogens (tertiary/aromatic N) is 3. The normalized spacial score (nSPS) is 20.0. The van der Waals surface area contributed by atoms with Crippen LogP contribution >= 0.6 is 0 Å². The molecule has 1 saturated heterocycles. The van der Waals surface area contributed by atoms with Gasteiger partial charge in [0.05, 0.1) is 12.2 Å². The van der Waals surface area contributed by atoms with Crippen LogP contribution in [0.25, 0.3) is 0 Å². The van der Waals surface area contributed by atoms with Crippen molar-refractivity contribution in [1.82, 2.24) is 15.5 Å². The molecule has 0 aliphatic carbocycles. The van der Waals surface area contributed by atoms with Crippen LogP contribution in [0.4, 0.5) is 5.82 Å². The standard InChI is InChI=1S/C17H22N4O4/c1-12-13(9-24-2)15(20-25-12)16(22)19-10-17(23)6-8-21(11-17)14-5-3-4-7-18-14/h3-5,7,23H,6,8-11H2,1-2H3,(H,19,22)/t17-/m0/s1. The first-order valence-corrected chi connectivity index (χ1v) is 8.13. The molecule has 2 aromatic heterocycles. The number of ether oxygens (including phenoxy) is 1. The molecule has 0 aromatic carbocycles. The number of aryl methyl sites for hydroxylation is 1. The Morgan fingerprint density at radius 3 is 3.08 bits per heavy atom. The van der Waals surface area contributed by atoms with Gasteiger partial charge in [0, 0.05) is 32.9 Å².